The maximum Gasteiger partial charge on any atom is 0.241 e. The lowest BCUT2D eigenvalue weighted by Crippen LogP contribution is -2.52. The van der Waals surface area contributed by atoms with Gasteiger partial charge >= 0.3 is 0 Å². The van der Waals surface area contributed by atoms with Crippen LogP contribution in [0.5, 0.6) is 0 Å². The minimum atomic E-state index is -0.838. The minimum Gasteiger partial charge on any atom is -0.336 e. The number of likely N-dealkylation sites (tertiary alicyclic amines) is 1. The van der Waals surface area contributed by atoms with Crippen molar-refractivity contribution in [3.8, 4) is 6.07 Å². The molecule has 122 valence electrons. The van der Waals surface area contributed by atoms with Gasteiger partial charge in [0.1, 0.15) is 12.1 Å². The summed E-state index contributed by atoms with van der Waals surface area (Å²) in [5.41, 5.74) is -0.838. The minimum absolute atomic E-state index is 0.255. The molecule has 0 aromatic heterocycles. The second-order valence-corrected chi connectivity index (χ2v) is 6.72. The monoisotopic (exact) mass is 315 g/mol. The van der Waals surface area contributed by atoms with Crippen LogP contribution in [0.4, 0.5) is 0 Å². The first-order chi connectivity index (χ1) is 11.1. The highest BCUT2D eigenvalue weighted by Gasteiger charge is 2.48. The first kappa shape index (κ1) is 15.7. The first-order valence-electron chi connectivity index (χ1n) is 8.29. The van der Waals surface area contributed by atoms with Gasteiger partial charge in [-0.05, 0) is 25.7 Å². The molecule has 23 heavy (non-hydrogen) atoms. The van der Waals surface area contributed by atoms with Crippen molar-refractivity contribution >= 4 is 17.7 Å². The van der Waals surface area contributed by atoms with Crippen molar-refractivity contribution in [1.29, 1.82) is 5.26 Å². The molecule has 3 rings (SSSR count). The molecule has 1 N–H and O–H groups in total. The predicted octanol–water partition coefficient (Wildman–Crippen LogP) is 1.28. The summed E-state index contributed by atoms with van der Waals surface area (Å²) in [4.78, 5) is 38.1. The number of carbonyl (C=O) groups excluding carboxylic acids is 3. The van der Waals surface area contributed by atoms with Crippen LogP contribution in [0.25, 0.3) is 0 Å². The third-order valence-electron chi connectivity index (χ3n) is 5.20. The Kier molecular flexibility index (Phi) is 4.20. The molecule has 0 bridgehead atoms. The fourth-order valence-electron chi connectivity index (χ4n) is 3.89. The van der Waals surface area contributed by atoms with Crippen molar-refractivity contribution in [3.05, 3.63) is 12.2 Å². The van der Waals surface area contributed by atoms with E-state index in [-0.39, 0.29) is 30.2 Å². The van der Waals surface area contributed by atoms with Crippen molar-refractivity contribution in [3.63, 3.8) is 0 Å². The number of hydrogen-bond acceptors (Lipinski definition) is 4. The van der Waals surface area contributed by atoms with E-state index >= 15 is 0 Å². The molecule has 1 saturated heterocycles. The number of allylic oxidation sites excluding steroid dienone is 2. The number of nitrogens with one attached hydrogen (secondary N) is 1. The molecular weight excluding hydrogens is 294 g/mol. The van der Waals surface area contributed by atoms with Gasteiger partial charge < -0.3 is 5.32 Å². The van der Waals surface area contributed by atoms with Crippen molar-refractivity contribution in [2.75, 3.05) is 6.54 Å². The van der Waals surface area contributed by atoms with Gasteiger partial charge in [-0.1, -0.05) is 31.4 Å². The lowest BCUT2D eigenvalue weighted by Gasteiger charge is -2.32. The Bertz CT molecular complexity index is 573. The third kappa shape index (κ3) is 2.88. The fraction of sp³-hybridized carbons (Fsp3) is 0.647. The number of fused-ring (bicyclic) bond motifs is 1. The van der Waals surface area contributed by atoms with Crippen molar-refractivity contribution < 1.29 is 14.4 Å². The van der Waals surface area contributed by atoms with E-state index in [0.29, 0.717) is 25.7 Å². The van der Waals surface area contributed by atoms with E-state index in [1.807, 2.05) is 12.2 Å². The predicted molar refractivity (Wildman–Crippen MR) is 81.6 cm³/mol. The smallest absolute Gasteiger partial charge is 0.241 e. The van der Waals surface area contributed by atoms with Crippen LogP contribution in [0.1, 0.15) is 44.9 Å². The average Bonchev–Trinajstić information content (AvgIpc) is 2.81. The van der Waals surface area contributed by atoms with Crippen LogP contribution in [0.3, 0.4) is 0 Å². The van der Waals surface area contributed by atoms with Gasteiger partial charge in [0.25, 0.3) is 0 Å². The number of amides is 3. The Morgan fingerprint density at radius 3 is 2.26 bits per heavy atom. The number of nitriles is 1. The Hall–Kier alpha value is -2.16. The molecule has 0 aromatic carbocycles. The summed E-state index contributed by atoms with van der Waals surface area (Å²) in [5, 5.41) is 12.2. The highest BCUT2D eigenvalue weighted by molar-refractivity contribution is 6.07. The van der Waals surface area contributed by atoms with Crippen LogP contribution < -0.4 is 5.32 Å². The van der Waals surface area contributed by atoms with Gasteiger partial charge in [-0.2, -0.15) is 5.26 Å². The number of nitrogens with zero attached hydrogens (tertiary/aromatic N) is 2. The van der Waals surface area contributed by atoms with Crippen LogP contribution in [-0.4, -0.2) is 34.7 Å². The Balaban J connectivity index is 1.65. The average molecular weight is 315 g/mol. The van der Waals surface area contributed by atoms with Crippen LogP contribution in [0, 0.1) is 23.2 Å². The SMILES string of the molecule is N#CC1(NC(=O)CN2C(=O)[C@H]3CC=CC[C@H]3C2=O)CCCCC1. The summed E-state index contributed by atoms with van der Waals surface area (Å²) in [5.74, 6) is -1.56. The van der Waals surface area contributed by atoms with E-state index in [0.717, 1.165) is 24.2 Å². The number of carbonyl (C=O) groups is 3. The van der Waals surface area contributed by atoms with Gasteiger partial charge in [0.05, 0.1) is 17.9 Å². The van der Waals surface area contributed by atoms with Crippen molar-refractivity contribution in [2.24, 2.45) is 11.8 Å². The highest BCUT2D eigenvalue weighted by Crippen LogP contribution is 2.35. The maximum atomic E-state index is 12.4. The van der Waals surface area contributed by atoms with E-state index in [4.69, 9.17) is 0 Å². The lowest BCUT2D eigenvalue weighted by atomic mass is 9.83. The molecule has 3 amide bonds. The summed E-state index contributed by atoms with van der Waals surface area (Å²) in [6.07, 6.45) is 9.12. The molecule has 0 spiro atoms. The molecular formula is C17H21N3O3. The number of rotatable bonds is 3. The van der Waals surface area contributed by atoms with Crippen LogP contribution in [-0.2, 0) is 14.4 Å². The van der Waals surface area contributed by atoms with Gasteiger partial charge in [0.15, 0.2) is 0 Å². The fourth-order valence-corrected chi connectivity index (χ4v) is 3.89. The molecule has 2 aliphatic carbocycles. The molecule has 2 fully saturated rings. The molecule has 2 atom stereocenters. The molecule has 0 unspecified atom stereocenters. The van der Waals surface area contributed by atoms with E-state index < -0.39 is 11.4 Å². The van der Waals surface area contributed by atoms with E-state index in [9.17, 15) is 19.6 Å². The molecule has 0 aromatic rings. The largest absolute Gasteiger partial charge is 0.336 e. The van der Waals surface area contributed by atoms with Gasteiger partial charge in [-0.15, -0.1) is 0 Å². The summed E-state index contributed by atoms with van der Waals surface area (Å²) >= 11 is 0. The van der Waals surface area contributed by atoms with E-state index in [1.165, 1.54) is 0 Å². The van der Waals surface area contributed by atoms with Gasteiger partial charge in [-0.25, -0.2) is 0 Å². The zero-order valence-electron chi connectivity index (χ0n) is 13.1. The van der Waals surface area contributed by atoms with Crippen molar-refractivity contribution in [2.45, 2.75) is 50.5 Å². The zero-order valence-corrected chi connectivity index (χ0v) is 13.1. The number of hydrogen-bond donors (Lipinski definition) is 1. The van der Waals surface area contributed by atoms with Gasteiger partial charge in [0, 0.05) is 0 Å². The number of imide groups is 1. The Morgan fingerprint density at radius 1 is 1.17 bits per heavy atom. The van der Waals surface area contributed by atoms with Crippen molar-refractivity contribution in [1.82, 2.24) is 10.2 Å². The van der Waals surface area contributed by atoms with Gasteiger partial charge in [-0.3, -0.25) is 19.3 Å². The molecule has 0 radical (unpaired) electrons. The Morgan fingerprint density at radius 2 is 1.74 bits per heavy atom. The summed E-state index contributed by atoms with van der Waals surface area (Å²) in [6.45, 7) is -0.270. The molecule has 1 heterocycles. The van der Waals surface area contributed by atoms with Gasteiger partial charge in [0.2, 0.25) is 17.7 Å². The molecule has 6 heteroatoms. The molecule has 3 aliphatic rings. The third-order valence-corrected chi connectivity index (χ3v) is 5.20. The van der Waals surface area contributed by atoms with E-state index in [1.54, 1.807) is 0 Å². The molecule has 1 saturated carbocycles. The topological polar surface area (TPSA) is 90.3 Å². The summed E-state index contributed by atoms with van der Waals surface area (Å²) in [7, 11) is 0. The normalized spacial score (nSPS) is 29.1. The Labute approximate surface area is 135 Å². The van der Waals surface area contributed by atoms with E-state index in [2.05, 4.69) is 11.4 Å². The molecule has 6 nitrogen and oxygen atoms in total. The first-order valence-corrected chi connectivity index (χ1v) is 8.29. The van der Waals surface area contributed by atoms with Crippen LogP contribution >= 0.6 is 0 Å². The lowest BCUT2D eigenvalue weighted by molar-refractivity contribution is -0.144. The van der Waals surface area contributed by atoms with Crippen LogP contribution in [0.15, 0.2) is 12.2 Å². The zero-order chi connectivity index (χ0) is 16.4. The second-order valence-electron chi connectivity index (χ2n) is 6.72. The molecule has 1 aliphatic heterocycles. The highest BCUT2D eigenvalue weighted by atomic mass is 16.2. The summed E-state index contributed by atoms with van der Waals surface area (Å²) in [6, 6.07) is 2.22. The maximum absolute atomic E-state index is 12.4. The van der Waals surface area contributed by atoms with Crippen LogP contribution in [0.2, 0.25) is 0 Å². The summed E-state index contributed by atoms with van der Waals surface area (Å²) < 4.78 is 0. The second kappa shape index (κ2) is 6.15. The quantitative estimate of drug-likeness (QED) is 0.627. The standard InChI is InChI=1S/C17H21N3O3/c18-11-17(8-4-1-5-9-17)19-14(21)10-20-15(22)12-6-2-3-7-13(12)16(20)23/h2-3,12-13H,1,4-10H2,(H,19,21)/t12-,13+.